The van der Waals surface area contributed by atoms with Crippen molar-refractivity contribution >= 4 is 5.91 Å². The van der Waals surface area contributed by atoms with E-state index in [1.54, 1.807) is 0 Å². The summed E-state index contributed by atoms with van der Waals surface area (Å²) in [5, 5.41) is 3.11. The molecule has 2 aliphatic heterocycles. The summed E-state index contributed by atoms with van der Waals surface area (Å²) in [4.78, 5) is 17.1. The lowest BCUT2D eigenvalue weighted by atomic mass is 10.0. The summed E-state index contributed by atoms with van der Waals surface area (Å²) < 4.78 is 5.75. The lowest BCUT2D eigenvalue weighted by molar-refractivity contribution is -0.127. The van der Waals surface area contributed by atoms with E-state index in [2.05, 4.69) is 42.8 Å². The smallest absolute Gasteiger partial charge is 0.222 e. The highest BCUT2D eigenvalue weighted by molar-refractivity contribution is 5.76. The fourth-order valence-electron chi connectivity index (χ4n) is 3.36. The first kappa shape index (κ1) is 17.7. The molecule has 2 fully saturated rings. The van der Waals surface area contributed by atoms with E-state index in [1.165, 1.54) is 12.8 Å². The van der Waals surface area contributed by atoms with Gasteiger partial charge in [0.2, 0.25) is 5.91 Å². The number of carbonyl (C=O) groups is 1. The highest BCUT2D eigenvalue weighted by atomic mass is 16.5. The SMILES string of the molecule is CC(C)N1CCO[C@@H](CC(=O)NCC(C)(C)N2CCCC2)C1. The van der Waals surface area contributed by atoms with E-state index in [0.717, 1.165) is 32.8 Å². The van der Waals surface area contributed by atoms with Crippen molar-refractivity contribution in [1.82, 2.24) is 15.1 Å². The average Bonchev–Trinajstić information content (AvgIpc) is 3.00. The first-order valence-electron chi connectivity index (χ1n) is 8.76. The number of nitrogens with zero attached hydrogens (tertiary/aromatic N) is 2. The number of amides is 1. The Labute approximate surface area is 135 Å². The quantitative estimate of drug-likeness (QED) is 0.807. The van der Waals surface area contributed by atoms with Gasteiger partial charge in [-0.25, -0.2) is 0 Å². The third kappa shape index (κ3) is 4.93. The van der Waals surface area contributed by atoms with Gasteiger partial charge >= 0.3 is 0 Å². The number of morpholine rings is 1. The molecule has 2 rings (SSSR count). The van der Waals surface area contributed by atoms with Crippen LogP contribution in [0.15, 0.2) is 0 Å². The Morgan fingerprint density at radius 3 is 2.59 bits per heavy atom. The molecule has 0 aromatic heterocycles. The maximum atomic E-state index is 12.2. The van der Waals surface area contributed by atoms with Crippen molar-refractivity contribution in [3.63, 3.8) is 0 Å². The van der Waals surface area contributed by atoms with Crippen LogP contribution in [-0.2, 0) is 9.53 Å². The zero-order chi connectivity index (χ0) is 16.2. The van der Waals surface area contributed by atoms with Gasteiger partial charge in [0, 0.05) is 31.2 Å². The fraction of sp³-hybridized carbons (Fsp3) is 0.941. The summed E-state index contributed by atoms with van der Waals surface area (Å²) >= 11 is 0. The van der Waals surface area contributed by atoms with Crippen molar-refractivity contribution < 1.29 is 9.53 Å². The number of hydrogen-bond acceptors (Lipinski definition) is 4. The first-order valence-corrected chi connectivity index (χ1v) is 8.76. The molecular formula is C17H33N3O2. The van der Waals surface area contributed by atoms with Crippen LogP contribution in [0.2, 0.25) is 0 Å². The van der Waals surface area contributed by atoms with Crippen molar-refractivity contribution in [3.05, 3.63) is 0 Å². The Hall–Kier alpha value is -0.650. The van der Waals surface area contributed by atoms with Crippen LogP contribution in [0.5, 0.6) is 0 Å². The maximum absolute atomic E-state index is 12.2. The Kier molecular flexibility index (Phi) is 6.24. The van der Waals surface area contributed by atoms with Crippen LogP contribution in [0.3, 0.4) is 0 Å². The largest absolute Gasteiger partial charge is 0.375 e. The minimum Gasteiger partial charge on any atom is -0.375 e. The molecule has 0 aromatic carbocycles. The van der Waals surface area contributed by atoms with Gasteiger partial charge in [0.25, 0.3) is 0 Å². The number of rotatable bonds is 6. The molecular weight excluding hydrogens is 278 g/mol. The number of carbonyl (C=O) groups excluding carboxylic acids is 1. The summed E-state index contributed by atoms with van der Waals surface area (Å²) in [6, 6.07) is 0.517. The van der Waals surface area contributed by atoms with Gasteiger partial charge in [0.15, 0.2) is 0 Å². The van der Waals surface area contributed by atoms with Crippen molar-refractivity contribution in [2.24, 2.45) is 0 Å². The highest BCUT2D eigenvalue weighted by Crippen LogP contribution is 2.20. The molecule has 0 radical (unpaired) electrons. The van der Waals surface area contributed by atoms with Crippen LogP contribution < -0.4 is 5.32 Å². The van der Waals surface area contributed by atoms with Crippen molar-refractivity contribution in [2.45, 2.75) is 64.6 Å². The summed E-state index contributed by atoms with van der Waals surface area (Å²) in [5.41, 5.74) is 0.0452. The van der Waals surface area contributed by atoms with Gasteiger partial charge in [0.1, 0.15) is 0 Å². The van der Waals surface area contributed by atoms with Crippen LogP contribution >= 0.6 is 0 Å². The van der Waals surface area contributed by atoms with Gasteiger partial charge in [-0.2, -0.15) is 0 Å². The predicted octanol–water partition coefficient (Wildman–Crippen LogP) is 1.48. The van der Waals surface area contributed by atoms with Gasteiger partial charge < -0.3 is 10.1 Å². The Morgan fingerprint density at radius 1 is 1.27 bits per heavy atom. The van der Waals surface area contributed by atoms with Crippen LogP contribution in [0.4, 0.5) is 0 Å². The minimum absolute atomic E-state index is 0.0334. The van der Waals surface area contributed by atoms with E-state index in [1.807, 2.05) is 0 Å². The van der Waals surface area contributed by atoms with Crippen molar-refractivity contribution in [2.75, 3.05) is 39.3 Å². The summed E-state index contributed by atoms with van der Waals surface area (Å²) in [7, 11) is 0. The van der Waals surface area contributed by atoms with E-state index in [9.17, 15) is 4.79 Å². The van der Waals surface area contributed by atoms with E-state index >= 15 is 0 Å². The van der Waals surface area contributed by atoms with Crippen molar-refractivity contribution in [1.29, 1.82) is 0 Å². The van der Waals surface area contributed by atoms with Gasteiger partial charge in [-0.1, -0.05) is 0 Å². The van der Waals surface area contributed by atoms with Gasteiger partial charge in [-0.15, -0.1) is 0 Å². The summed E-state index contributed by atoms with van der Waals surface area (Å²) in [6.45, 7) is 14.4. The lowest BCUT2D eigenvalue weighted by Crippen LogP contribution is -2.51. The van der Waals surface area contributed by atoms with Crippen molar-refractivity contribution in [3.8, 4) is 0 Å². The lowest BCUT2D eigenvalue weighted by Gasteiger charge is -2.37. The van der Waals surface area contributed by atoms with Crippen LogP contribution in [0.1, 0.15) is 47.0 Å². The number of hydrogen-bond donors (Lipinski definition) is 1. The van der Waals surface area contributed by atoms with Crippen LogP contribution in [-0.4, -0.2) is 72.7 Å². The first-order chi connectivity index (χ1) is 10.4. The zero-order valence-corrected chi connectivity index (χ0v) is 14.7. The summed E-state index contributed by atoms with van der Waals surface area (Å²) in [5.74, 6) is 0.114. The Balaban J connectivity index is 1.73. The topological polar surface area (TPSA) is 44.8 Å². The molecule has 0 unspecified atom stereocenters. The molecule has 2 aliphatic rings. The molecule has 2 saturated heterocycles. The molecule has 22 heavy (non-hydrogen) atoms. The molecule has 0 aliphatic carbocycles. The number of likely N-dealkylation sites (tertiary alicyclic amines) is 1. The van der Waals surface area contributed by atoms with E-state index in [0.29, 0.717) is 19.0 Å². The molecule has 0 saturated carbocycles. The predicted molar refractivity (Wildman–Crippen MR) is 89.0 cm³/mol. The third-order valence-corrected chi connectivity index (χ3v) is 4.99. The average molecular weight is 311 g/mol. The molecule has 5 nitrogen and oxygen atoms in total. The molecule has 1 atom stereocenters. The second-order valence-electron chi connectivity index (χ2n) is 7.57. The minimum atomic E-state index is 0.0334. The molecule has 0 bridgehead atoms. The molecule has 2 heterocycles. The zero-order valence-electron chi connectivity index (χ0n) is 14.7. The number of nitrogens with one attached hydrogen (secondary N) is 1. The second kappa shape index (κ2) is 7.75. The van der Waals surface area contributed by atoms with E-state index in [4.69, 9.17) is 4.74 Å². The third-order valence-electron chi connectivity index (χ3n) is 4.99. The molecule has 0 spiro atoms. The Morgan fingerprint density at radius 2 is 1.95 bits per heavy atom. The van der Waals surface area contributed by atoms with Crippen LogP contribution in [0, 0.1) is 0 Å². The standard InChI is InChI=1S/C17H33N3O2/c1-14(2)19-9-10-22-15(12-19)11-16(21)18-13-17(3,4)20-7-5-6-8-20/h14-15H,5-13H2,1-4H3,(H,18,21)/t15-/m0/s1. The molecule has 128 valence electrons. The van der Waals surface area contributed by atoms with Gasteiger partial charge in [-0.3, -0.25) is 14.6 Å². The molecule has 1 N–H and O–H groups in total. The van der Waals surface area contributed by atoms with Gasteiger partial charge in [0.05, 0.1) is 19.1 Å². The molecule has 5 heteroatoms. The fourth-order valence-corrected chi connectivity index (χ4v) is 3.36. The van der Waals surface area contributed by atoms with Crippen LogP contribution in [0.25, 0.3) is 0 Å². The molecule has 0 aromatic rings. The van der Waals surface area contributed by atoms with E-state index in [-0.39, 0.29) is 17.6 Å². The second-order valence-corrected chi connectivity index (χ2v) is 7.57. The van der Waals surface area contributed by atoms with E-state index < -0.39 is 0 Å². The number of ether oxygens (including phenoxy) is 1. The molecule has 1 amide bonds. The summed E-state index contributed by atoms with van der Waals surface area (Å²) in [6.07, 6.45) is 3.06. The maximum Gasteiger partial charge on any atom is 0.222 e. The monoisotopic (exact) mass is 311 g/mol. The normalized spacial score (nSPS) is 24.9. The van der Waals surface area contributed by atoms with Gasteiger partial charge in [-0.05, 0) is 53.6 Å². The Bertz CT molecular complexity index is 365. The highest BCUT2D eigenvalue weighted by Gasteiger charge is 2.30.